The van der Waals surface area contributed by atoms with Crippen LogP contribution in [-0.4, -0.2) is 11.1 Å². The maximum absolute atomic E-state index is 6.27. The summed E-state index contributed by atoms with van der Waals surface area (Å²) >= 11 is 0. The molecular formula is C17H22N2O. The van der Waals surface area contributed by atoms with Crippen molar-refractivity contribution in [2.24, 2.45) is 11.8 Å². The Morgan fingerprint density at radius 2 is 1.80 bits per heavy atom. The maximum atomic E-state index is 6.27. The number of benzene rings is 1. The molecule has 0 radical (unpaired) electrons. The Kier molecular flexibility index (Phi) is 3.51. The Morgan fingerprint density at radius 1 is 1.05 bits per heavy atom. The molecule has 1 fully saturated rings. The van der Waals surface area contributed by atoms with E-state index in [0.717, 1.165) is 46.9 Å². The molecule has 2 N–H and O–H groups in total. The summed E-state index contributed by atoms with van der Waals surface area (Å²) in [6, 6.07) is 5.85. The first-order valence-corrected chi connectivity index (χ1v) is 7.42. The Balaban J connectivity index is 1.89. The number of nitrogens with zero attached hydrogens (tertiary/aromatic N) is 1. The monoisotopic (exact) mass is 270 g/mol. The number of rotatable bonds is 2. The molecule has 2 atom stereocenters. The average molecular weight is 270 g/mol. The molecule has 1 aromatic heterocycles. The third-order valence-corrected chi connectivity index (χ3v) is 4.24. The van der Waals surface area contributed by atoms with Crippen molar-refractivity contribution in [1.29, 1.82) is 0 Å². The van der Waals surface area contributed by atoms with Gasteiger partial charge in [0.1, 0.15) is 5.75 Å². The highest BCUT2D eigenvalue weighted by Gasteiger charge is 2.25. The summed E-state index contributed by atoms with van der Waals surface area (Å²) in [6.45, 7) is 4.63. The van der Waals surface area contributed by atoms with E-state index in [1.54, 1.807) is 6.20 Å². The van der Waals surface area contributed by atoms with Crippen LogP contribution in [0.4, 0.5) is 5.69 Å². The molecule has 1 aliphatic carbocycles. The summed E-state index contributed by atoms with van der Waals surface area (Å²) in [5, 5.41) is 2.03. The highest BCUT2D eigenvalue weighted by Crippen LogP contribution is 2.35. The van der Waals surface area contributed by atoms with Gasteiger partial charge in [0.2, 0.25) is 0 Å². The van der Waals surface area contributed by atoms with E-state index in [4.69, 9.17) is 10.5 Å². The first-order chi connectivity index (χ1) is 9.63. The van der Waals surface area contributed by atoms with Gasteiger partial charge in [-0.3, -0.25) is 4.98 Å². The van der Waals surface area contributed by atoms with Crippen LogP contribution < -0.4 is 10.5 Å². The lowest BCUT2D eigenvalue weighted by atomic mass is 9.82. The lowest BCUT2D eigenvalue weighted by Crippen LogP contribution is -2.28. The zero-order valence-electron chi connectivity index (χ0n) is 12.2. The molecule has 0 bridgehead atoms. The normalized spacial score (nSPS) is 26.6. The van der Waals surface area contributed by atoms with E-state index in [0.29, 0.717) is 6.10 Å². The fraction of sp³-hybridized carbons (Fsp3) is 0.471. The predicted molar refractivity (Wildman–Crippen MR) is 82.8 cm³/mol. The van der Waals surface area contributed by atoms with Crippen molar-refractivity contribution in [3.05, 3.63) is 30.6 Å². The number of ether oxygens (including phenoxy) is 1. The summed E-state index contributed by atoms with van der Waals surface area (Å²) in [5.41, 5.74) is 6.80. The molecule has 1 aliphatic rings. The van der Waals surface area contributed by atoms with Crippen LogP contribution in [0.1, 0.15) is 33.1 Å². The Bertz CT molecular complexity index is 601. The zero-order valence-corrected chi connectivity index (χ0v) is 12.2. The van der Waals surface area contributed by atoms with Gasteiger partial charge < -0.3 is 10.5 Å². The van der Waals surface area contributed by atoms with E-state index in [1.807, 2.05) is 24.4 Å². The van der Waals surface area contributed by atoms with Gasteiger partial charge in [0.15, 0.2) is 0 Å². The van der Waals surface area contributed by atoms with Gasteiger partial charge in [-0.15, -0.1) is 0 Å². The van der Waals surface area contributed by atoms with Crippen LogP contribution in [-0.2, 0) is 0 Å². The van der Waals surface area contributed by atoms with Crippen LogP contribution in [0.5, 0.6) is 5.75 Å². The number of nitrogen functional groups attached to an aromatic ring is 1. The maximum Gasteiger partial charge on any atom is 0.129 e. The summed E-state index contributed by atoms with van der Waals surface area (Å²) < 4.78 is 6.27. The molecule has 0 aliphatic heterocycles. The highest BCUT2D eigenvalue weighted by atomic mass is 16.5. The van der Waals surface area contributed by atoms with Crippen molar-refractivity contribution >= 4 is 16.5 Å². The second-order valence-electron chi connectivity index (χ2n) is 6.23. The van der Waals surface area contributed by atoms with E-state index < -0.39 is 0 Å². The minimum absolute atomic E-state index is 0.306. The van der Waals surface area contributed by atoms with E-state index in [-0.39, 0.29) is 0 Å². The van der Waals surface area contributed by atoms with Crippen molar-refractivity contribution in [1.82, 2.24) is 4.98 Å². The average Bonchev–Trinajstić information content (AvgIpc) is 2.41. The molecular weight excluding hydrogens is 248 g/mol. The van der Waals surface area contributed by atoms with Gasteiger partial charge in [-0.25, -0.2) is 0 Å². The molecule has 2 unspecified atom stereocenters. The van der Waals surface area contributed by atoms with Gasteiger partial charge in [-0.1, -0.05) is 13.8 Å². The number of pyridine rings is 1. The Labute approximate surface area is 120 Å². The fourth-order valence-corrected chi connectivity index (χ4v) is 3.44. The summed E-state index contributed by atoms with van der Waals surface area (Å²) in [7, 11) is 0. The highest BCUT2D eigenvalue weighted by molar-refractivity contribution is 5.96. The number of fused-ring (bicyclic) bond motifs is 1. The third-order valence-electron chi connectivity index (χ3n) is 4.24. The number of anilines is 1. The first kappa shape index (κ1) is 13.2. The molecule has 20 heavy (non-hydrogen) atoms. The van der Waals surface area contributed by atoms with Crippen LogP contribution in [0.2, 0.25) is 0 Å². The van der Waals surface area contributed by atoms with Crippen LogP contribution in [0.15, 0.2) is 30.6 Å². The molecule has 106 valence electrons. The lowest BCUT2D eigenvalue weighted by molar-refractivity contribution is 0.102. The van der Waals surface area contributed by atoms with Crippen molar-refractivity contribution < 1.29 is 4.74 Å². The van der Waals surface area contributed by atoms with Crippen LogP contribution in [0.25, 0.3) is 10.8 Å². The van der Waals surface area contributed by atoms with Crippen molar-refractivity contribution in [3.8, 4) is 5.75 Å². The largest absolute Gasteiger partial charge is 0.490 e. The molecule has 3 nitrogen and oxygen atoms in total. The summed E-state index contributed by atoms with van der Waals surface area (Å²) in [6.07, 6.45) is 7.50. The minimum Gasteiger partial charge on any atom is -0.490 e. The fourth-order valence-electron chi connectivity index (χ4n) is 3.44. The minimum atomic E-state index is 0.306. The van der Waals surface area contributed by atoms with E-state index in [9.17, 15) is 0 Å². The molecule has 1 saturated carbocycles. The molecule has 1 aromatic carbocycles. The number of hydrogen-bond acceptors (Lipinski definition) is 3. The van der Waals surface area contributed by atoms with Crippen molar-refractivity contribution in [2.45, 2.75) is 39.2 Å². The van der Waals surface area contributed by atoms with Gasteiger partial charge in [0.25, 0.3) is 0 Å². The molecule has 3 rings (SSSR count). The molecule has 0 saturated heterocycles. The molecule has 0 amide bonds. The summed E-state index contributed by atoms with van der Waals surface area (Å²) in [4.78, 5) is 4.20. The lowest BCUT2D eigenvalue weighted by Gasteiger charge is -2.32. The molecule has 0 spiro atoms. The number of hydrogen-bond donors (Lipinski definition) is 1. The standard InChI is InChI=1S/C17H22N2O/c1-11-7-12(2)9-13(8-11)20-17-4-3-16(18)14-5-6-19-10-15(14)17/h3-6,10-13H,7-9,18H2,1-2H3. The SMILES string of the molecule is CC1CC(C)CC(Oc2ccc(N)c3ccncc23)C1. The van der Waals surface area contributed by atoms with Crippen molar-refractivity contribution in [3.63, 3.8) is 0 Å². The quantitative estimate of drug-likeness (QED) is 0.838. The van der Waals surface area contributed by atoms with E-state index in [1.165, 1.54) is 6.42 Å². The molecule has 2 aromatic rings. The zero-order chi connectivity index (χ0) is 14.1. The topological polar surface area (TPSA) is 48.1 Å². The van der Waals surface area contributed by atoms with Crippen LogP contribution in [0, 0.1) is 11.8 Å². The smallest absolute Gasteiger partial charge is 0.129 e. The second kappa shape index (κ2) is 5.31. The number of nitrogens with two attached hydrogens (primary N) is 1. The van der Waals surface area contributed by atoms with Crippen LogP contribution >= 0.6 is 0 Å². The molecule has 1 heterocycles. The Morgan fingerprint density at radius 3 is 2.55 bits per heavy atom. The van der Waals surface area contributed by atoms with Gasteiger partial charge in [-0.2, -0.15) is 0 Å². The number of aromatic nitrogens is 1. The van der Waals surface area contributed by atoms with Gasteiger partial charge in [0, 0.05) is 28.9 Å². The van der Waals surface area contributed by atoms with Crippen molar-refractivity contribution in [2.75, 3.05) is 5.73 Å². The Hall–Kier alpha value is -1.77. The van der Waals surface area contributed by atoms with E-state index >= 15 is 0 Å². The molecule has 3 heteroatoms. The predicted octanol–water partition coefficient (Wildman–Crippen LogP) is 4.02. The van der Waals surface area contributed by atoms with Gasteiger partial charge in [0.05, 0.1) is 6.10 Å². The third kappa shape index (κ3) is 2.58. The van der Waals surface area contributed by atoms with E-state index in [2.05, 4.69) is 18.8 Å². The second-order valence-corrected chi connectivity index (χ2v) is 6.23. The van der Waals surface area contributed by atoms with Gasteiger partial charge in [-0.05, 0) is 49.3 Å². The summed E-state index contributed by atoms with van der Waals surface area (Å²) in [5.74, 6) is 2.39. The first-order valence-electron chi connectivity index (χ1n) is 7.42. The van der Waals surface area contributed by atoms with Gasteiger partial charge >= 0.3 is 0 Å². The van der Waals surface area contributed by atoms with Crippen LogP contribution in [0.3, 0.4) is 0 Å².